The van der Waals surface area contributed by atoms with Crippen molar-refractivity contribution in [2.24, 2.45) is 5.92 Å². The molecule has 1 fully saturated rings. The van der Waals surface area contributed by atoms with Gasteiger partial charge in [-0.25, -0.2) is 9.97 Å². The first-order valence-corrected chi connectivity index (χ1v) is 8.03. The molecule has 0 saturated carbocycles. The average molecular weight is 308 g/mol. The van der Waals surface area contributed by atoms with E-state index in [0.29, 0.717) is 11.7 Å². The molecule has 0 spiro atoms. The predicted octanol–water partition coefficient (Wildman–Crippen LogP) is 3.04. The van der Waals surface area contributed by atoms with Gasteiger partial charge in [-0.2, -0.15) is 0 Å². The summed E-state index contributed by atoms with van der Waals surface area (Å²) >= 11 is 0. The minimum atomic E-state index is 0.326. The molecule has 0 aliphatic carbocycles. The Kier molecular flexibility index (Phi) is 3.41. The molecule has 1 aromatic carbocycles. The molecule has 1 saturated heterocycles. The maximum atomic E-state index is 9.39. The fourth-order valence-electron chi connectivity index (χ4n) is 3.43. The molecule has 2 N–H and O–H groups in total. The summed E-state index contributed by atoms with van der Waals surface area (Å²) in [6.45, 7) is 3.97. The summed E-state index contributed by atoms with van der Waals surface area (Å²) in [6.07, 6.45) is 4.12. The first kappa shape index (κ1) is 14.1. The van der Waals surface area contributed by atoms with E-state index in [4.69, 9.17) is 0 Å². The molecule has 5 heteroatoms. The molecule has 118 valence electrons. The molecule has 1 unspecified atom stereocenters. The van der Waals surface area contributed by atoms with Crippen molar-refractivity contribution in [3.8, 4) is 5.75 Å². The number of phenols is 1. The molecule has 3 aromatic rings. The summed E-state index contributed by atoms with van der Waals surface area (Å²) in [4.78, 5) is 14.8. The first-order chi connectivity index (χ1) is 11.2. The molecular formula is C18H20N4O. The highest BCUT2D eigenvalue weighted by molar-refractivity contribution is 5.86. The largest absolute Gasteiger partial charge is 0.508 e. The SMILES string of the molecule is Cc1nc(N2CCC(Cc3ccc(O)cc3)C2)c2[nH]ccc2n1. The van der Waals surface area contributed by atoms with Crippen LogP contribution in [0.15, 0.2) is 36.5 Å². The number of aryl methyl sites for hydroxylation is 1. The molecule has 3 heterocycles. The van der Waals surface area contributed by atoms with Crippen molar-refractivity contribution >= 4 is 16.9 Å². The van der Waals surface area contributed by atoms with Gasteiger partial charge in [0.25, 0.3) is 0 Å². The molecule has 1 atom stereocenters. The van der Waals surface area contributed by atoms with Crippen molar-refractivity contribution in [2.75, 3.05) is 18.0 Å². The number of hydrogen-bond donors (Lipinski definition) is 2. The van der Waals surface area contributed by atoms with Gasteiger partial charge in [0, 0.05) is 19.3 Å². The third kappa shape index (κ3) is 2.74. The second-order valence-corrected chi connectivity index (χ2v) is 6.30. The second-order valence-electron chi connectivity index (χ2n) is 6.30. The average Bonchev–Trinajstić information content (AvgIpc) is 3.18. The standard InChI is InChI=1S/C18H20N4O/c1-12-20-16-6-8-19-17(16)18(21-12)22-9-7-14(11-22)10-13-2-4-15(23)5-3-13/h2-6,8,14,19,23H,7,9-11H2,1H3. The van der Waals surface area contributed by atoms with Crippen LogP contribution in [0.1, 0.15) is 17.8 Å². The van der Waals surface area contributed by atoms with Crippen molar-refractivity contribution in [2.45, 2.75) is 19.8 Å². The zero-order chi connectivity index (χ0) is 15.8. The van der Waals surface area contributed by atoms with Gasteiger partial charge >= 0.3 is 0 Å². The summed E-state index contributed by atoms with van der Waals surface area (Å²) in [5, 5.41) is 9.39. The zero-order valence-electron chi connectivity index (χ0n) is 13.2. The van der Waals surface area contributed by atoms with Crippen LogP contribution in [-0.4, -0.2) is 33.1 Å². The highest BCUT2D eigenvalue weighted by Crippen LogP contribution is 2.29. The topological polar surface area (TPSA) is 65.0 Å². The number of aromatic amines is 1. The normalized spacial score (nSPS) is 18.0. The quantitative estimate of drug-likeness (QED) is 0.780. The smallest absolute Gasteiger partial charge is 0.156 e. The number of fused-ring (bicyclic) bond motifs is 1. The number of phenolic OH excluding ortho intramolecular Hbond substituents is 1. The van der Waals surface area contributed by atoms with Gasteiger partial charge in [-0.15, -0.1) is 0 Å². The summed E-state index contributed by atoms with van der Waals surface area (Å²) in [7, 11) is 0. The van der Waals surface area contributed by atoms with Gasteiger partial charge in [0.15, 0.2) is 5.82 Å². The minimum Gasteiger partial charge on any atom is -0.508 e. The van der Waals surface area contributed by atoms with Crippen molar-refractivity contribution < 1.29 is 5.11 Å². The summed E-state index contributed by atoms with van der Waals surface area (Å²) in [5.41, 5.74) is 3.29. The van der Waals surface area contributed by atoms with E-state index in [2.05, 4.69) is 19.9 Å². The van der Waals surface area contributed by atoms with Crippen molar-refractivity contribution in [1.29, 1.82) is 0 Å². The van der Waals surface area contributed by atoms with E-state index in [9.17, 15) is 5.11 Å². The Labute approximate surface area is 135 Å². The van der Waals surface area contributed by atoms with E-state index in [1.807, 2.05) is 31.3 Å². The van der Waals surface area contributed by atoms with E-state index >= 15 is 0 Å². The first-order valence-electron chi connectivity index (χ1n) is 8.03. The molecule has 0 radical (unpaired) electrons. The zero-order valence-corrected chi connectivity index (χ0v) is 13.2. The van der Waals surface area contributed by atoms with E-state index in [-0.39, 0.29) is 0 Å². The fraction of sp³-hybridized carbons (Fsp3) is 0.333. The molecule has 5 nitrogen and oxygen atoms in total. The maximum absolute atomic E-state index is 9.39. The lowest BCUT2D eigenvalue weighted by molar-refractivity contribution is 0.474. The number of H-pyrrole nitrogens is 1. The van der Waals surface area contributed by atoms with Gasteiger partial charge in [-0.05, 0) is 49.4 Å². The molecular weight excluding hydrogens is 288 g/mol. The number of benzene rings is 1. The summed E-state index contributed by atoms with van der Waals surface area (Å²) < 4.78 is 0. The number of rotatable bonds is 3. The van der Waals surface area contributed by atoms with E-state index in [1.165, 1.54) is 5.56 Å². The third-order valence-corrected chi connectivity index (χ3v) is 4.54. The van der Waals surface area contributed by atoms with E-state index in [0.717, 1.165) is 48.6 Å². The Balaban J connectivity index is 1.53. The molecule has 1 aliphatic heterocycles. The van der Waals surface area contributed by atoms with Gasteiger partial charge in [0.1, 0.15) is 17.1 Å². The van der Waals surface area contributed by atoms with E-state index in [1.54, 1.807) is 12.1 Å². The number of aromatic nitrogens is 3. The van der Waals surface area contributed by atoms with Crippen LogP contribution in [0.25, 0.3) is 11.0 Å². The summed E-state index contributed by atoms with van der Waals surface area (Å²) in [5.74, 6) is 2.77. The molecule has 4 rings (SSSR count). The van der Waals surface area contributed by atoms with Gasteiger partial charge in [-0.3, -0.25) is 0 Å². The molecule has 1 aliphatic rings. The predicted molar refractivity (Wildman–Crippen MR) is 90.8 cm³/mol. The van der Waals surface area contributed by atoms with E-state index < -0.39 is 0 Å². The Morgan fingerprint density at radius 1 is 1.22 bits per heavy atom. The number of hydrogen-bond acceptors (Lipinski definition) is 4. The number of aromatic hydroxyl groups is 1. The molecule has 2 aromatic heterocycles. The monoisotopic (exact) mass is 308 g/mol. The minimum absolute atomic E-state index is 0.326. The number of nitrogens with one attached hydrogen (secondary N) is 1. The van der Waals surface area contributed by atoms with Crippen LogP contribution >= 0.6 is 0 Å². The van der Waals surface area contributed by atoms with Crippen LogP contribution in [0, 0.1) is 12.8 Å². The lowest BCUT2D eigenvalue weighted by atomic mass is 9.99. The second kappa shape index (κ2) is 5.57. The Hall–Kier alpha value is -2.56. The van der Waals surface area contributed by atoms with Gasteiger partial charge < -0.3 is 15.0 Å². The van der Waals surface area contributed by atoms with Crippen LogP contribution in [0.5, 0.6) is 5.75 Å². The molecule has 0 amide bonds. The highest BCUT2D eigenvalue weighted by atomic mass is 16.3. The molecule has 23 heavy (non-hydrogen) atoms. The van der Waals surface area contributed by atoms with Gasteiger partial charge in [0.2, 0.25) is 0 Å². The molecule has 0 bridgehead atoms. The highest BCUT2D eigenvalue weighted by Gasteiger charge is 2.25. The van der Waals surface area contributed by atoms with Crippen LogP contribution < -0.4 is 4.90 Å². The van der Waals surface area contributed by atoms with Crippen LogP contribution in [-0.2, 0) is 6.42 Å². The van der Waals surface area contributed by atoms with Crippen molar-refractivity contribution in [1.82, 2.24) is 15.0 Å². The van der Waals surface area contributed by atoms with Crippen molar-refractivity contribution in [3.05, 3.63) is 47.9 Å². The lowest BCUT2D eigenvalue weighted by Gasteiger charge is -2.18. The number of anilines is 1. The fourth-order valence-corrected chi connectivity index (χ4v) is 3.43. The van der Waals surface area contributed by atoms with Gasteiger partial charge in [0.05, 0.1) is 5.52 Å². The number of nitrogens with zero attached hydrogens (tertiary/aromatic N) is 3. The maximum Gasteiger partial charge on any atom is 0.156 e. The summed E-state index contributed by atoms with van der Waals surface area (Å²) in [6, 6.07) is 9.54. The Morgan fingerprint density at radius 2 is 2.04 bits per heavy atom. The lowest BCUT2D eigenvalue weighted by Crippen LogP contribution is -2.22. The van der Waals surface area contributed by atoms with Crippen LogP contribution in [0.4, 0.5) is 5.82 Å². The van der Waals surface area contributed by atoms with Crippen LogP contribution in [0.2, 0.25) is 0 Å². The van der Waals surface area contributed by atoms with Crippen molar-refractivity contribution in [3.63, 3.8) is 0 Å². The third-order valence-electron chi connectivity index (χ3n) is 4.54. The van der Waals surface area contributed by atoms with Gasteiger partial charge in [-0.1, -0.05) is 12.1 Å². The Morgan fingerprint density at radius 3 is 2.87 bits per heavy atom. The Bertz CT molecular complexity index is 825. The van der Waals surface area contributed by atoms with Crippen LogP contribution in [0.3, 0.4) is 0 Å².